The van der Waals surface area contributed by atoms with Crippen LogP contribution in [0.4, 0.5) is 11.4 Å². The lowest BCUT2D eigenvalue weighted by Crippen LogP contribution is -2.45. The Kier molecular flexibility index (Phi) is 6.35. The van der Waals surface area contributed by atoms with Gasteiger partial charge in [-0.1, -0.05) is 0 Å². The molecular weight excluding hydrogens is 490 g/mol. The third-order valence-corrected chi connectivity index (χ3v) is 8.28. The second kappa shape index (κ2) is 9.18. The van der Waals surface area contributed by atoms with Crippen molar-refractivity contribution in [1.82, 2.24) is 9.88 Å². The minimum Gasteiger partial charge on any atom is -0.490 e. The lowest BCUT2D eigenvalue weighted by molar-refractivity contribution is -0.133. The van der Waals surface area contributed by atoms with Gasteiger partial charge in [0.1, 0.15) is 29.0 Å². The number of aromatic nitrogens is 1. The van der Waals surface area contributed by atoms with Gasteiger partial charge in [-0.25, -0.2) is 13.4 Å². The number of rotatable bonds is 5. The number of carbonyl (C=O) groups is 1. The van der Waals surface area contributed by atoms with Crippen LogP contribution in [0.2, 0.25) is 0 Å². The quantitative estimate of drug-likeness (QED) is 0.602. The Morgan fingerprint density at radius 2 is 2.09 bits per heavy atom. The highest BCUT2D eigenvalue weighted by Crippen LogP contribution is 2.40. The van der Waals surface area contributed by atoms with E-state index in [0.29, 0.717) is 57.2 Å². The predicted molar refractivity (Wildman–Crippen MR) is 134 cm³/mol. The van der Waals surface area contributed by atoms with E-state index in [1.54, 1.807) is 13.1 Å². The molecule has 1 amide bonds. The van der Waals surface area contributed by atoms with Crippen LogP contribution < -0.4 is 14.4 Å². The maximum atomic E-state index is 12.9. The summed E-state index contributed by atoms with van der Waals surface area (Å²) in [4.78, 5) is 21.0. The molecule has 0 spiro atoms. The number of amides is 1. The van der Waals surface area contributed by atoms with E-state index in [2.05, 4.69) is 17.6 Å². The first-order chi connectivity index (χ1) is 16.6. The van der Waals surface area contributed by atoms with Crippen molar-refractivity contribution in [3.63, 3.8) is 0 Å². The molecule has 2 aromatic rings. The number of benzene rings is 1. The minimum absolute atomic E-state index is 0.00913. The number of ether oxygens (including phenoxy) is 3. The molecule has 4 heterocycles. The zero-order valence-corrected chi connectivity index (χ0v) is 21.5. The standard InChI is InChI=1S/C24H29N3O6S2/c1-16-11-17(13-25-22(16)35(2,29)30)27-8-10-32-21-4-3-18(12-20(21)27)33-19-5-7-26(14-19)23(28)24(34)6-9-31-15-24/h3-4,11-13,19,34H,5-10,14-15H2,1-2H3/t19-,24?/m0/s1. The van der Waals surface area contributed by atoms with Crippen molar-refractivity contribution in [2.75, 3.05) is 50.6 Å². The lowest BCUT2D eigenvalue weighted by Gasteiger charge is -2.32. The highest BCUT2D eigenvalue weighted by molar-refractivity contribution is 7.90. The third-order valence-electron chi connectivity index (χ3n) is 6.61. The van der Waals surface area contributed by atoms with Gasteiger partial charge in [-0.2, -0.15) is 12.6 Å². The topological polar surface area (TPSA) is 98.3 Å². The number of carbonyl (C=O) groups excluding carboxylic acids is 1. The second-order valence-corrected chi connectivity index (χ2v) is 12.1. The Hall–Kier alpha value is -2.50. The molecule has 0 bridgehead atoms. The van der Waals surface area contributed by atoms with E-state index in [4.69, 9.17) is 14.2 Å². The highest BCUT2D eigenvalue weighted by Gasteiger charge is 2.43. The minimum atomic E-state index is -3.40. The largest absolute Gasteiger partial charge is 0.490 e. The Morgan fingerprint density at radius 1 is 1.26 bits per heavy atom. The molecule has 0 N–H and O–H groups in total. The molecule has 9 nitrogen and oxygen atoms in total. The van der Waals surface area contributed by atoms with Gasteiger partial charge in [-0.3, -0.25) is 4.79 Å². The van der Waals surface area contributed by atoms with E-state index in [0.717, 1.165) is 29.8 Å². The number of nitrogens with zero attached hydrogens (tertiary/aromatic N) is 3. The van der Waals surface area contributed by atoms with Crippen LogP contribution in [0.3, 0.4) is 0 Å². The molecule has 188 valence electrons. The van der Waals surface area contributed by atoms with E-state index in [1.807, 2.05) is 34.1 Å². The molecule has 1 aromatic heterocycles. The number of fused-ring (bicyclic) bond motifs is 1. The number of pyridine rings is 1. The van der Waals surface area contributed by atoms with Gasteiger partial charge in [0.25, 0.3) is 0 Å². The van der Waals surface area contributed by atoms with Gasteiger partial charge in [-0.05, 0) is 37.1 Å². The third kappa shape index (κ3) is 4.81. The molecule has 0 saturated carbocycles. The Bertz CT molecular complexity index is 1250. The number of hydrogen-bond donors (Lipinski definition) is 1. The highest BCUT2D eigenvalue weighted by atomic mass is 32.2. The molecule has 1 aromatic carbocycles. The summed E-state index contributed by atoms with van der Waals surface area (Å²) >= 11 is 4.59. The van der Waals surface area contributed by atoms with Gasteiger partial charge >= 0.3 is 0 Å². The fourth-order valence-corrected chi connectivity index (χ4v) is 6.05. The summed E-state index contributed by atoms with van der Waals surface area (Å²) < 4.78 is 40.7. The maximum absolute atomic E-state index is 12.9. The van der Waals surface area contributed by atoms with Crippen LogP contribution in [-0.4, -0.2) is 80.8 Å². The van der Waals surface area contributed by atoms with Gasteiger partial charge in [0.15, 0.2) is 14.9 Å². The van der Waals surface area contributed by atoms with Gasteiger partial charge in [0.05, 0.1) is 37.3 Å². The number of hydrogen-bond acceptors (Lipinski definition) is 9. The number of likely N-dealkylation sites (tertiary alicyclic amines) is 1. The molecule has 5 rings (SSSR count). The van der Waals surface area contributed by atoms with Crippen LogP contribution in [0.25, 0.3) is 0 Å². The van der Waals surface area contributed by atoms with Crippen LogP contribution in [0.1, 0.15) is 18.4 Å². The number of aryl methyl sites for hydroxylation is 1. The van der Waals surface area contributed by atoms with Crippen molar-refractivity contribution in [2.24, 2.45) is 0 Å². The van der Waals surface area contributed by atoms with Crippen LogP contribution in [0.5, 0.6) is 11.5 Å². The Balaban J connectivity index is 1.33. The fourth-order valence-electron chi connectivity index (χ4n) is 4.84. The van der Waals surface area contributed by atoms with E-state index < -0.39 is 14.6 Å². The smallest absolute Gasteiger partial charge is 0.241 e. The number of sulfone groups is 1. The van der Waals surface area contributed by atoms with Gasteiger partial charge < -0.3 is 24.0 Å². The average molecular weight is 520 g/mol. The number of thiol groups is 1. The molecule has 1 unspecified atom stereocenters. The van der Waals surface area contributed by atoms with Crippen molar-refractivity contribution in [1.29, 1.82) is 0 Å². The van der Waals surface area contributed by atoms with Crippen LogP contribution in [0.15, 0.2) is 35.5 Å². The first-order valence-corrected chi connectivity index (χ1v) is 14.0. The van der Waals surface area contributed by atoms with Gasteiger partial charge in [0, 0.05) is 31.9 Å². The van der Waals surface area contributed by atoms with Crippen molar-refractivity contribution < 1.29 is 27.4 Å². The summed E-state index contributed by atoms with van der Waals surface area (Å²) in [7, 11) is -3.40. The van der Waals surface area contributed by atoms with Gasteiger partial charge in [-0.15, -0.1) is 0 Å². The maximum Gasteiger partial charge on any atom is 0.241 e. The fraction of sp³-hybridized carbons (Fsp3) is 0.500. The van der Waals surface area contributed by atoms with Crippen molar-refractivity contribution >= 4 is 39.7 Å². The van der Waals surface area contributed by atoms with E-state index in [1.165, 1.54) is 0 Å². The van der Waals surface area contributed by atoms with E-state index in [9.17, 15) is 13.2 Å². The van der Waals surface area contributed by atoms with Crippen LogP contribution >= 0.6 is 12.6 Å². The summed E-state index contributed by atoms with van der Waals surface area (Å²) in [5.41, 5.74) is 2.20. The van der Waals surface area contributed by atoms with Gasteiger partial charge in [0.2, 0.25) is 5.91 Å². The first kappa shape index (κ1) is 24.2. The monoisotopic (exact) mass is 519 g/mol. The van der Waals surface area contributed by atoms with Crippen LogP contribution in [-0.2, 0) is 19.4 Å². The summed E-state index contributed by atoms with van der Waals surface area (Å²) in [5.74, 6) is 1.41. The Labute approximate surface area is 210 Å². The molecule has 2 atom stereocenters. The van der Waals surface area contributed by atoms with Crippen molar-refractivity contribution in [2.45, 2.75) is 35.6 Å². The summed E-state index contributed by atoms with van der Waals surface area (Å²) in [6, 6.07) is 7.49. The SMILES string of the molecule is Cc1cc(N2CCOc3ccc(O[C@H]4CCN(C(=O)C5(S)CCOC5)C4)cc32)cnc1S(C)(=O)=O. The zero-order chi connectivity index (χ0) is 24.8. The predicted octanol–water partition coefficient (Wildman–Crippen LogP) is 2.39. The normalized spacial score (nSPS) is 24.3. The molecule has 3 aliphatic rings. The molecule has 2 saturated heterocycles. The second-order valence-electron chi connectivity index (χ2n) is 9.33. The van der Waals surface area contributed by atoms with Crippen LogP contribution in [0, 0.1) is 6.92 Å². The molecule has 35 heavy (non-hydrogen) atoms. The zero-order valence-electron chi connectivity index (χ0n) is 19.8. The van der Waals surface area contributed by atoms with E-state index >= 15 is 0 Å². The molecule has 11 heteroatoms. The molecular formula is C24H29N3O6S2. The molecule has 3 aliphatic heterocycles. The van der Waals surface area contributed by atoms with Crippen molar-refractivity contribution in [3.05, 3.63) is 36.0 Å². The molecule has 0 radical (unpaired) electrons. The molecule has 2 fully saturated rings. The summed E-state index contributed by atoms with van der Waals surface area (Å²) in [6.45, 7) is 4.87. The summed E-state index contributed by atoms with van der Waals surface area (Å²) in [6.07, 6.45) is 3.98. The average Bonchev–Trinajstić information content (AvgIpc) is 3.47. The van der Waals surface area contributed by atoms with E-state index in [-0.39, 0.29) is 17.0 Å². The molecule has 0 aliphatic carbocycles. The Morgan fingerprint density at radius 3 is 2.80 bits per heavy atom. The first-order valence-electron chi connectivity index (χ1n) is 11.6. The lowest BCUT2D eigenvalue weighted by atomic mass is 10.1. The number of anilines is 2. The summed E-state index contributed by atoms with van der Waals surface area (Å²) in [5, 5.41) is 0.0827. The van der Waals surface area contributed by atoms with Crippen molar-refractivity contribution in [3.8, 4) is 11.5 Å².